The van der Waals surface area contributed by atoms with Crippen molar-refractivity contribution in [2.24, 2.45) is 4.99 Å². The first kappa shape index (κ1) is 19.5. The van der Waals surface area contributed by atoms with E-state index in [-0.39, 0.29) is 5.91 Å². The van der Waals surface area contributed by atoms with Gasteiger partial charge in [0.2, 0.25) is 0 Å². The van der Waals surface area contributed by atoms with Crippen molar-refractivity contribution in [3.8, 4) is 11.5 Å². The molecule has 3 N–H and O–H groups in total. The van der Waals surface area contributed by atoms with E-state index in [0.717, 1.165) is 30.2 Å². The Morgan fingerprint density at radius 1 is 1.04 bits per heavy atom. The molecule has 1 heterocycles. The van der Waals surface area contributed by atoms with Crippen LogP contribution in [0.5, 0.6) is 11.5 Å². The molecule has 0 bridgehead atoms. The Hall–Kier alpha value is -3.22. The lowest BCUT2D eigenvalue weighted by Gasteiger charge is -2.14. The van der Waals surface area contributed by atoms with Gasteiger partial charge >= 0.3 is 0 Å². The predicted molar refractivity (Wildman–Crippen MR) is 110 cm³/mol. The van der Waals surface area contributed by atoms with Crippen LogP contribution in [0.1, 0.15) is 23.7 Å². The van der Waals surface area contributed by atoms with Crippen molar-refractivity contribution in [1.29, 1.82) is 0 Å². The summed E-state index contributed by atoms with van der Waals surface area (Å²) < 4.78 is 11.4. The third-order valence-corrected chi connectivity index (χ3v) is 4.06. The van der Waals surface area contributed by atoms with E-state index in [1.807, 2.05) is 43.3 Å². The van der Waals surface area contributed by atoms with E-state index in [9.17, 15) is 4.79 Å². The average molecular weight is 382 g/mol. The number of carbonyl (C=O) groups is 1. The minimum Gasteiger partial charge on any atom is -0.490 e. The molecule has 1 amide bonds. The Morgan fingerprint density at radius 2 is 1.82 bits per heavy atom. The second-order valence-electron chi connectivity index (χ2n) is 6.22. The number of rotatable bonds is 6. The molecule has 0 atom stereocenters. The number of amides is 1. The van der Waals surface area contributed by atoms with Crippen molar-refractivity contribution in [2.75, 3.05) is 38.2 Å². The molecule has 2 aromatic carbocycles. The third kappa shape index (κ3) is 5.64. The Morgan fingerprint density at radius 3 is 2.61 bits per heavy atom. The smallest absolute Gasteiger partial charge is 0.251 e. The molecule has 2 aromatic rings. The SMILES string of the molecule is CCNC(=NCCNC(=O)c1ccccc1)Nc1ccc2c(c1)OCCCO2. The van der Waals surface area contributed by atoms with Crippen molar-refractivity contribution in [2.45, 2.75) is 13.3 Å². The van der Waals surface area contributed by atoms with Gasteiger partial charge in [0.15, 0.2) is 17.5 Å². The minimum absolute atomic E-state index is 0.100. The summed E-state index contributed by atoms with van der Waals surface area (Å²) in [4.78, 5) is 16.6. The summed E-state index contributed by atoms with van der Waals surface area (Å²) in [5.41, 5.74) is 1.50. The molecule has 7 nitrogen and oxygen atoms in total. The molecule has 0 unspecified atom stereocenters. The second-order valence-corrected chi connectivity index (χ2v) is 6.22. The minimum atomic E-state index is -0.100. The van der Waals surface area contributed by atoms with Crippen LogP contribution in [0.2, 0.25) is 0 Å². The highest BCUT2D eigenvalue weighted by molar-refractivity contribution is 5.95. The van der Waals surface area contributed by atoms with Gasteiger partial charge in [-0.05, 0) is 31.2 Å². The van der Waals surface area contributed by atoms with Crippen molar-refractivity contribution >= 4 is 17.6 Å². The maximum atomic E-state index is 12.1. The van der Waals surface area contributed by atoms with Crippen LogP contribution in [0.15, 0.2) is 53.5 Å². The van der Waals surface area contributed by atoms with Gasteiger partial charge < -0.3 is 25.4 Å². The van der Waals surface area contributed by atoms with E-state index in [2.05, 4.69) is 20.9 Å². The number of aliphatic imine (C=N–C) groups is 1. The van der Waals surface area contributed by atoms with Gasteiger partial charge in [-0.15, -0.1) is 0 Å². The van der Waals surface area contributed by atoms with Crippen LogP contribution in [-0.2, 0) is 0 Å². The first-order valence-electron chi connectivity index (χ1n) is 9.54. The van der Waals surface area contributed by atoms with Crippen molar-refractivity contribution in [3.63, 3.8) is 0 Å². The van der Waals surface area contributed by atoms with Crippen LogP contribution in [0, 0.1) is 0 Å². The molecule has 0 saturated heterocycles. The number of anilines is 1. The molecule has 1 aliphatic heterocycles. The van der Waals surface area contributed by atoms with E-state index in [1.54, 1.807) is 12.1 Å². The molecule has 0 aromatic heterocycles. The number of hydrogen-bond acceptors (Lipinski definition) is 4. The van der Waals surface area contributed by atoms with Crippen LogP contribution < -0.4 is 25.4 Å². The number of nitrogens with zero attached hydrogens (tertiary/aromatic N) is 1. The summed E-state index contributed by atoms with van der Waals surface area (Å²) in [7, 11) is 0. The summed E-state index contributed by atoms with van der Waals surface area (Å²) in [6.45, 7) is 4.95. The summed E-state index contributed by atoms with van der Waals surface area (Å²) in [6, 6.07) is 14.9. The molecular formula is C21H26N4O3. The third-order valence-electron chi connectivity index (χ3n) is 4.06. The molecule has 0 radical (unpaired) electrons. The molecule has 0 spiro atoms. The fraction of sp³-hybridized carbons (Fsp3) is 0.333. The number of ether oxygens (including phenoxy) is 2. The van der Waals surface area contributed by atoms with Crippen molar-refractivity contribution < 1.29 is 14.3 Å². The molecule has 0 saturated carbocycles. The summed E-state index contributed by atoms with van der Waals surface area (Å²) in [5.74, 6) is 2.03. The normalized spacial score (nSPS) is 13.4. The Kier molecular flexibility index (Phi) is 7.12. The number of fused-ring (bicyclic) bond motifs is 1. The van der Waals surface area contributed by atoms with E-state index >= 15 is 0 Å². The molecule has 7 heteroatoms. The lowest BCUT2D eigenvalue weighted by atomic mass is 10.2. The number of hydrogen-bond donors (Lipinski definition) is 3. The van der Waals surface area contributed by atoms with E-state index in [4.69, 9.17) is 9.47 Å². The number of benzene rings is 2. The molecule has 0 aliphatic carbocycles. The average Bonchev–Trinajstić information content (AvgIpc) is 2.97. The Balaban J connectivity index is 1.55. The van der Waals surface area contributed by atoms with Gasteiger partial charge in [-0.1, -0.05) is 18.2 Å². The summed E-state index contributed by atoms with van der Waals surface area (Å²) in [5, 5.41) is 9.33. The van der Waals surface area contributed by atoms with Crippen LogP contribution in [-0.4, -0.2) is 44.7 Å². The van der Waals surface area contributed by atoms with Crippen LogP contribution >= 0.6 is 0 Å². The summed E-state index contributed by atoms with van der Waals surface area (Å²) in [6.07, 6.45) is 0.871. The van der Waals surface area contributed by atoms with E-state index < -0.39 is 0 Å². The number of carbonyl (C=O) groups excluding carboxylic acids is 1. The zero-order chi connectivity index (χ0) is 19.6. The van der Waals surface area contributed by atoms with Gasteiger partial charge in [0.05, 0.1) is 19.8 Å². The van der Waals surface area contributed by atoms with Gasteiger partial charge in [0, 0.05) is 36.8 Å². The molecule has 148 valence electrons. The first-order chi connectivity index (χ1) is 13.8. The molecule has 3 rings (SSSR count). The quantitative estimate of drug-likeness (QED) is 0.406. The highest BCUT2D eigenvalue weighted by Gasteiger charge is 2.11. The van der Waals surface area contributed by atoms with Gasteiger partial charge in [0.1, 0.15) is 0 Å². The van der Waals surface area contributed by atoms with Gasteiger partial charge in [-0.25, -0.2) is 0 Å². The van der Waals surface area contributed by atoms with Gasteiger partial charge in [-0.3, -0.25) is 9.79 Å². The van der Waals surface area contributed by atoms with Crippen molar-refractivity contribution in [1.82, 2.24) is 10.6 Å². The fourth-order valence-corrected chi connectivity index (χ4v) is 2.71. The van der Waals surface area contributed by atoms with E-state index in [1.165, 1.54) is 0 Å². The van der Waals surface area contributed by atoms with E-state index in [0.29, 0.717) is 37.8 Å². The largest absolute Gasteiger partial charge is 0.490 e. The lowest BCUT2D eigenvalue weighted by molar-refractivity contribution is 0.0955. The first-order valence-corrected chi connectivity index (χ1v) is 9.54. The monoisotopic (exact) mass is 382 g/mol. The second kappa shape index (κ2) is 10.2. The van der Waals surface area contributed by atoms with Crippen LogP contribution in [0.25, 0.3) is 0 Å². The van der Waals surface area contributed by atoms with Crippen LogP contribution in [0.3, 0.4) is 0 Å². The molecule has 0 fully saturated rings. The fourth-order valence-electron chi connectivity index (χ4n) is 2.71. The number of guanidine groups is 1. The maximum Gasteiger partial charge on any atom is 0.251 e. The Bertz CT molecular complexity index is 809. The highest BCUT2D eigenvalue weighted by Crippen LogP contribution is 2.32. The van der Waals surface area contributed by atoms with Crippen LogP contribution in [0.4, 0.5) is 5.69 Å². The maximum absolute atomic E-state index is 12.1. The molecule has 28 heavy (non-hydrogen) atoms. The van der Waals surface area contributed by atoms with Crippen molar-refractivity contribution in [3.05, 3.63) is 54.1 Å². The number of nitrogens with one attached hydrogen (secondary N) is 3. The summed E-state index contributed by atoms with van der Waals surface area (Å²) >= 11 is 0. The zero-order valence-corrected chi connectivity index (χ0v) is 16.0. The van der Waals surface area contributed by atoms with Gasteiger partial charge in [-0.2, -0.15) is 0 Å². The topological polar surface area (TPSA) is 84.0 Å². The lowest BCUT2D eigenvalue weighted by Crippen LogP contribution is -2.32. The highest BCUT2D eigenvalue weighted by atomic mass is 16.5. The molecular weight excluding hydrogens is 356 g/mol. The predicted octanol–water partition coefficient (Wildman–Crippen LogP) is 2.66. The zero-order valence-electron chi connectivity index (χ0n) is 16.0. The standard InChI is InChI=1S/C21H26N4O3/c1-2-22-21(24-12-11-23-20(26)16-7-4-3-5-8-16)25-17-9-10-18-19(15-17)28-14-6-13-27-18/h3-5,7-10,15H,2,6,11-14H2,1H3,(H,23,26)(H2,22,24,25). The van der Waals surface area contributed by atoms with Gasteiger partial charge in [0.25, 0.3) is 5.91 Å². The molecule has 1 aliphatic rings. The Labute approximate surface area is 165 Å².